The van der Waals surface area contributed by atoms with Crippen molar-refractivity contribution in [2.45, 2.75) is 33.3 Å². The van der Waals surface area contributed by atoms with E-state index in [2.05, 4.69) is 4.74 Å². The summed E-state index contributed by atoms with van der Waals surface area (Å²) in [7, 11) is 0. The number of ether oxygens (including phenoxy) is 1. The predicted octanol–water partition coefficient (Wildman–Crippen LogP) is 3.24. The molecule has 1 aliphatic heterocycles. The Morgan fingerprint density at radius 1 is 1.17 bits per heavy atom. The monoisotopic (exact) mass is 495 g/mol. The van der Waals surface area contributed by atoms with Crippen molar-refractivity contribution in [3.63, 3.8) is 0 Å². The molecule has 1 aromatic heterocycles. The van der Waals surface area contributed by atoms with Crippen LogP contribution in [0.5, 0.6) is 5.75 Å². The fraction of sp³-hybridized carbons (Fsp3) is 0.269. The van der Waals surface area contributed by atoms with Gasteiger partial charge in [-0.25, -0.2) is 0 Å². The minimum atomic E-state index is -3.02. The largest absolute Gasteiger partial charge is 0.434 e. The minimum Gasteiger partial charge on any atom is -0.434 e. The Labute approximate surface area is 204 Å². The number of hydrogen-bond donors (Lipinski definition) is 0. The lowest BCUT2D eigenvalue weighted by Crippen LogP contribution is -2.35. The predicted molar refractivity (Wildman–Crippen MR) is 130 cm³/mol. The Hall–Kier alpha value is -3.77. The number of hydrogen-bond acceptors (Lipinski definition) is 5. The number of halogens is 2. The normalized spacial score (nSPS) is 14.9. The van der Waals surface area contributed by atoms with Gasteiger partial charge in [0.25, 0.3) is 11.5 Å². The van der Waals surface area contributed by atoms with Crippen molar-refractivity contribution in [3.8, 4) is 17.5 Å². The summed E-state index contributed by atoms with van der Waals surface area (Å²) in [5, 5.41) is 9.97. The molecule has 0 unspecified atom stereocenters. The van der Waals surface area contributed by atoms with Crippen molar-refractivity contribution in [2.24, 2.45) is 0 Å². The van der Waals surface area contributed by atoms with Crippen molar-refractivity contribution in [2.75, 3.05) is 13.1 Å². The van der Waals surface area contributed by atoms with Gasteiger partial charge >= 0.3 is 6.61 Å². The SMILES string of the molecule is Cc1ccc(-n2c(=O)/c(=C\c3ccccc3OC(F)F)s/c2=C(\C#N)C(=O)N2CCCC2)c(C)c1. The topological polar surface area (TPSA) is 75.3 Å². The third-order valence-corrected chi connectivity index (χ3v) is 6.86. The lowest BCUT2D eigenvalue weighted by atomic mass is 10.1. The van der Waals surface area contributed by atoms with E-state index in [1.807, 2.05) is 32.0 Å². The number of benzene rings is 2. The molecule has 0 radical (unpaired) electrons. The number of carbonyl (C=O) groups excluding carboxylic acids is 1. The molecule has 3 aromatic rings. The molecule has 0 spiro atoms. The number of rotatable bonds is 5. The smallest absolute Gasteiger partial charge is 0.387 e. The van der Waals surface area contributed by atoms with E-state index in [0.717, 1.165) is 35.3 Å². The molecule has 2 aromatic carbocycles. The highest BCUT2D eigenvalue weighted by molar-refractivity contribution is 7.07. The van der Waals surface area contributed by atoms with Crippen molar-refractivity contribution < 1.29 is 18.3 Å². The van der Waals surface area contributed by atoms with E-state index in [9.17, 15) is 23.6 Å². The van der Waals surface area contributed by atoms with Gasteiger partial charge < -0.3 is 9.64 Å². The van der Waals surface area contributed by atoms with Gasteiger partial charge in [-0.15, -0.1) is 11.3 Å². The highest BCUT2D eigenvalue weighted by Gasteiger charge is 2.25. The number of aryl methyl sites for hydroxylation is 2. The molecule has 1 aliphatic rings. The molecular weight excluding hydrogens is 472 g/mol. The first kappa shape index (κ1) is 24.4. The van der Waals surface area contributed by atoms with Crippen LogP contribution in [0.3, 0.4) is 0 Å². The maximum Gasteiger partial charge on any atom is 0.387 e. The van der Waals surface area contributed by atoms with Crippen LogP contribution in [0.1, 0.15) is 29.5 Å². The average molecular weight is 496 g/mol. The van der Waals surface area contributed by atoms with E-state index in [1.54, 1.807) is 29.2 Å². The third-order valence-electron chi connectivity index (χ3n) is 5.77. The number of alkyl halides is 2. The molecule has 0 saturated carbocycles. The Balaban J connectivity index is 2.03. The Bertz CT molecular complexity index is 1500. The summed E-state index contributed by atoms with van der Waals surface area (Å²) in [6, 6.07) is 13.7. The summed E-state index contributed by atoms with van der Waals surface area (Å²) in [5.41, 5.74) is 2.06. The molecule has 1 fully saturated rings. The van der Waals surface area contributed by atoms with E-state index in [1.165, 1.54) is 16.7 Å². The molecule has 6 nitrogen and oxygen atoms in total. The average Bonchev–Trinajstić information content (AvgIpc) is 3.45. The van der Waals surface area contributed by atoms with Gasteiger partial charge in [0, 0.05) is 18.7 Å². The summed E-state index contributed by atoms with van der Waals surface area (Å²) in [6.45, 7) is 1.87. The van der Waals surface area contributed by atoms with Crippen LogP contribution in [-0.2, 0) is 4.79 Å². The number of amides is 1. The first-order valence-corrected chi connectivity index (χ1v) is 11.9. The van der Waals surface area contributed by atoms with Crippen molar-refractivity contribution >= 4 is 28.9 Å². The van der Waals surface area contributed by atoms with E-state index < -0.39 is 18.1 Å². The van der Waals surface area contributed by atoms with Crippen LogP contribution in [0.2, 0.25) is 0 Å². The van der Waals surface area contributed by atoms with E-state index in [4.69, 9.17) is 0 Å². The lowest BCUT2D eigenvalue weighted by molar-refractivity contribution is -0.123. The fourth-order valence-electron chi connectivity index (χ4n) is 4.13. The summed E-state index contributed by atoms with van der Waals surface area (Å²) >= 11 is 0.981. The summed E-state index contributed by atoms with van der Waals surface area (Å²) < 4.78 is 32.1. The van der Waals surface area contributed by atoms with E-state index >= 15 is 0 Å². The molecule has 0 aliphatic carbocycles. The van der Waals surface area contributed by atoms with Gasteiger partial charge in [0.15, 0.2) is 5.57 Å². The Kier molecular flexibility index (Phi) is 7.12. The van der Waals surface area contributed by atoms with Crippen LogP contribution in [0.15, 0.2) is 47.3 Å². The maximum absolute atomic E-state index is 13.6. The quantitative estimate of drug-likeness (QED) is 0.545. The van der Waals surface area contributed by atoms with Gasteiger partial charge in [-0.2, -0.15) is 14.0 Å². The van der Waals surface area contributed by atoms with Gasteiger partial charge in [0.2, 0.25) is 0 Å². The first-order chi connectivity index (χ1) is 16.8. The zero-order valence-electron chi connectivity index (χ0n) is 19.3. The van der Waals surface area contributed by atoms with E-state index in [0.29, 0.717) is 18.8 Å². The fourth-order valence-corrected chi connectivity index (χ4v) is 5.22. The van der Waals surface area contributed by atoms with Crippen LogP contribution in [0.4, 0.5) is 8.78 Å². The molecule has 180 valence electrons. The molecule has 0 N–H and O–H groups in total. The van der Waals surface area contributed by atoms with Crippen LogP contribution in [0.25, 0.3) is 17.3 Å². The zero-order valence-corrected chi connectivity index (χ0v) is 20.1. The highest BCUT2D eigenvalue weighted by atomic mass is 32.1. The third kappa shape index (κ3) is 5.03. The van der Waals surface area contributed by atoms with Gasteiger partial charge in [0.05, 0.1) is 10.2 Å². The number of thiazole rings is 1. The van der Waals surface area contributed by atoms with E-state index in [-0.39, 0.29) is 26.1 Å². The minimum absolute atomic E-state index is 0.0763. The van der Waals surface area contributed by atoms with Crippen molar-refractivity contribution in [1.82, 2.24) is 9.47 Å². The van der Waals surface area contributed by atoms with Crippen LogP contribution in [-0.4, -0.2) is 35.1 Å². The van der Waals surface area contributed by atoms with Crippen LogP contribution >= 0.6 is 11.3 Å². The number of aromatic nitrogens is 1. The van der Waals surface area contributed by atoms with Crippen molar-refractivity contribution in [1.29, 1.82) is 5.26 Å². The second kappa shape index (κ2) is 10.2. The summed E-state index contributed by atoms with van der Waals surface area (Å²) in [4.78, 5) is 28.4. The van der Waals surface area contributed by atoms with Gasteiger partial charge in [-0.05, 0) is 50.5 Å². The maximum atomic E-state index is 13.6. The molecule has 35 heavy (non-hydrogen) atoms. The molecular formula is C26H23F2N3O3S. The lowest BCUT2D eigenvalue weighted by Gasteiger charge is -2.14. The second-order valence-electron chi connectivity index (χ2n) is 8.25. The van der Waals surface area contributed by atoms with Gasteiger partial charge in [0.1, 0.15) is 16.5 Å². The highest BCUT2D eigenvalue weighted by Crippen LogP contribution is 2.21. The van der Waals surface area contributed by atoms with Crippen LogP contribution < -0.4 is 19.5 Å². The molecule has 2 heterocycles. The molecule has 1 saturated heterocycles. The standard InChI is InChI=1S/C26H23F2N3O3S/c1-16-9-10-20(17(2)13-16)31-24(33)22(14-18-7-3-4-8-21(18)34-26(27)28)35-25(31)19(15-29)23(32)30-11-5-6-12-30/h3-4,7-10,13-14,26H,5-6,11-12H2,1-2H3/b22-14+,25-19+. The van der Waals surface area contributed by atoms with Gasteiger partial charge in [-0.3, -0.25) is 14.2 Å². The Morgan fingerprint density at radius 2 is 1.89 bits per heavy atom. The molecule has 4 rings (SSSR count). The summed E-state index contributed by atoms with van der Waals surface area (Å²) in [5.74, 6) is -0.495. The van der Waals surface area contributed by atoms with Crippen molar-refractivity contribution in [3.05, 3.63) is 78.7 Å². The molecule has 9 heteroatoms. The zero-order chi connectivity index (χ0) is 25.1. The van der Waals surface area contributed by atoms with Gasteiger partial charge in [-0.1, -0.05) is 35.9 Å². The number of nitrogens with zero attached hydrogens (tertiary/aromatic N) is 3. The number of likely N-dealkylation sites (tertiary alicyclic amines) is 1. The molecule has 1 amide bonds. The Morgan fingerprint density at radius 3 is 2.54 bits per heavy atom. The molecule has 0 bridgehead atoms. The first-order valence-electron chi connectivity index (χ1n) is 11.1. The second-order valence-corrected chi connectivity index (χ2v) is 9.28. The van der Waals surface area contributed by atoms with Crippen LogP contribution in [0, 0.1) is 25.2 Å². The number of nitriles is 1. The number of para-hydroxylation sites is 1. The number of carbonyl (C=O) groups is 1. The molecule has 0 atom stereocenters. The summed E-state index contributed by atoms with van der Waals surface area (Å²) in [6.07, 6.45) is 3.17.